The van der Waals surface area contributed by atoms with Gasteiger partial charge in [0.05, 0.1) is 0 Å². The van der Waals surface area contributed by atoms with E-state index in [9.17, 15) is 17.3 Å². The highest BCUT2D eigenvalue weighted by atomic mass is 19.5. The molecular formula is C47H47BF4N2. The van der Waals surface area contributed by atoms with Crippen LogP contribution in [-0.4, -0.2) is 18.2 Å². The molecule has 6 aromatic rings. The third kappa shape index (κ3) is 8.85. The monoisotopic (exact) mass is 726 g/mol. The van der Waals surface area contributed by atoms with Crippen molar-refractivity contribution in [3.05, 3.63) is 180 Å². The first kappa shape index (κ1) is 38.3. The highest BCUT2D eigenvalue weighted by Gasteiger charge is 2.47. The Balaban J connectivity index is 0.000000934. The first-order chi connectivity index (χ1) is 25.6. The molecule has 0 bridgehead atoms. The van der Waals surface area contributed by atoms with Gasteiger partial charge in [-0.1, -0.05) is 175 Å². The van der Waals surface area contributed by atoms with Crippen LogP contribution < -0.4 is 4.90 Å². The predicted molar refractivity (Wildman–Crippen MR) is 218 cm³/mol. The summed E-state index contributed by atoms with van der Waals surface area (Å²) in [6.07, 6.45) is 2.40. The van der Waals surface area contributed by atoms with Gasteiger partial charge in [-0.05, 0) is 57.3 Å². The number of rotatable bonds is 6. The molecule has 1 heterocycles. The standard InChI is InChI=1S/C47H47N2.BF4/c1-46(2,3)38-27-29-40(34-19-11-7-12-20-34)42(31-38)48-33-49(45(37-25-17-10-18-26-37)44(48)36-23-15-9-16-24-36)43-32-39(47(4,5)6)28-30-41(43)35-21-13-8-14-22-35;2-1(3,4)5/h7-33,44-45H,1-6H3;/q+1;-1/t44-,45-;/m0./s1. The van der Waals surface area contributed by atoms with Crippen molar-refractivity contribution in [1.29, 1.82) is 0 Å². The van der Waals surface area contributed by atoms with Gasteiger partial charge in [-0.15, -0.1) is 0 Å². The molecule has 0 amide bonds. The Hall–Kier alpha value is -5.43. The molecule has 0 saturated carbocycles. The summed E-state index contributed by atoms with van der Waals surface area (Å²) < 4.78 is 41.6. The van der Waals surface area contributed by atoms with E-state index in [1.54, 1.807) is 0 Å². The first-order valence-electron chi connectivity index (χ1n) is 18.4. The SMILES string of the molecule is CC(C)(C)c1ccc(-c2ccccc2)c(N2C=[N+](c3cc(C(C)(C)C)ccc3-c3ccccc3)[C@@H](c3ccccc3)[C@@H]2c2ccccc2)c1.F[B-](F)(F)F. The molecule has 0 spiro atoms. The van der Waals surface area contributed by atoms with Crippen LogP contribution in [0.25, 0.3) is 22.3 Å². The molecule has 0 aliphatic carbocycles. The normalized spacial score (nSPS) is 16.0. The molecule has 0 saturated heterocycles. The van der Waals surface area contributed by atoms with Crippen LogP contribution >= 0.6 is 0 Å². The van der Waals surface area contributed by atoms with Gasteiger partial charge >= 0.3 is 7.25 Å². The topological polar surface area (TPSA) is 6.25 Å². The Labute approximate surface area is 317 Å². The zero-order chi connectivity index (χ0) is 38.7. The van der Waals surface area contributed by atoms with Gasteiger partial charge in [0.15, 0.2) is 12.1 Å². The minimum Gasteiger partial charge on any atom is -0.418 e. The van der Waals surface area contributed by atoms with Crippen molar-refractivity contribution in [2.24, 2.45) is 0 Å². The lowest BCUT2D eigenvalue weighted by molar-refractivity contribution is -0.480. The van der Waals surface area contributed by atoms with Crippen LogP contribution in [0.1, 0.15) is 75.9 Å². The maximum Gasteiger partial charge on any atom is 0.673 e. The van der Waals surface area contributed by atoms with Crippen molar-refractivity contribution in [1.82, 2.24) is 0 Å². The Morgan fingerprint density at radius 1 is 0.500 bits per heavy atom. The maximum atomic E-state index is 9.75. The van der Waals surface area contributed by atoms with Gasteiger partial charge in [0.25, 0.3) is 0 Å². The lowest BCUT2D eigenvalue weighted by Gasteiger charge is -2.28. The Bertz CT molecular complexity index is 2180. The second-order valence-corrected chi connectivity index (χ2v) is 15.8. The number of nitrogens with zero attached hydrogens (tertiary/aromatic N) is 2. The summed E-state index contributed by atoms with van der Waals surface area (Å²) >= 11 is 0. The third-order valence-electron chi connectivity index (χ3n) is 9.88. The molecule has 276 valence electrons. The second-order valence-electron chi connectivity index (χ2n) is 15.8. The van der Waals surface area contributed by atoms with Gasteiger partial charge in [0.1, 0.15) is 11.4 Å². The fraction of sp³-hybridized carbons (Fsp3) is 0.213. The molecule has 54 heavy (non-hydrogen) atoms. The van der Waals surface area contributed by atoms with E-state index in [0.29, 0.717) is 0 Å². The van der Waals surface area contributed by atoms with E-state index < -0.39 is 7.25 Å². The van der Waals surface area contributed by atoms with Gasteiger partial charge < -0.3 is 17.3 Å². The Kier molecular flexibility index (Phi) is 11.0. The summed E-state index contributed by atoms with van der Waals surface area (Å²) in [7, 11) is -6.00. The molecule has 0 aromatic heterocycles. The highest BCUT2D eigenvalue weighted by molar-refractivity contribution is 6.50. The first-order valence-corrected chi connectivity index (χ1v) is 18.4. The van der Waals surface area contributed by atoms with Crippen LogP contribution in [0.15, 0.2) is 158 Å². The lowest BCUT2D eigenvalue weighted by atomic mass is 9.84. The van der Waals surface area contributed by atoms with Crippen LogP contribution in [0, 0.1) is 0 Å². The van der Waals surface area contributed by atoms with E-state index in [1.807, 2.05) is 0 Å². The summed E-state index contributed by atoms with van der Waals surface area (Å²) in [5, 5.41) is 0. The summed E-state index contributed by atoms with van der Waals surface area (Å²) in [5.41, 5.74) is 12.5. The van der Waals surface area contributed by atoms with Gasteiger partial charge in [-0.3, -0.25) is 0 Å². The van der Waals surface area contributed by atoms with Gasteiger partial charge in [-0.25, -0.2) is 9.48 Å². The summed E-state index contributed by atoms with van der Waals surface area (Å²) in [6.45, 7) is 13.8. The number of anilines is 1. The maximum absolute atomic E-state index is 9.75. The zero-order valence-electron chi connectivity index (χ0n) is 31.7. The third-order valence-corrected chi connectivity index (χ3v) is 9.88. The van der Waals surface area contributed by atoms with Crippen LogP contribution in [0.3, 0.4) is 0 Å². The molecule has 2 atom stereocenters. The number of hydrogen-bond acceptors (Lipinski definition) is 1. The predicted octanol–water partition coefficient (Wildman–Crippen LogP) is 13.6. The fourth-order valence-corrected chi connectivity index (χ4v) is 7.14. The average molecular weight is 727 g/mol. The van der Waals surface area contributed by atoms with E-state index in [4.69, 9.17) is 0 Å². The molecule has 1 aliphatic heterocycles. The molecular weight excluding hydrogens is 679 g/mol. The molecule has 0 N–H and O–H groups in total. The number of halogens is 4. The molecule has 7 heteroatoms. The van der Waals surface area contributed by atoms with Crippen molar-refractivity contribution < 1.29 is 21.8 Å². The van der Waals surface area contributed by atoms with E-state index in [-0.39, 0.29) is 22.9 Å². The van der Waals surface area contributed by atoms with E-state index >= 15 is 0 Å². The Morgan fingerprint density at radius 2 is 0.907 bits per heavy atom. The molecule has 1 aliphatic rings. The molecule has 0 radical (unpaired) electrons. The number of benzene rings is 6. The van der Waals surface area contributed by atoms with Crippen molar-refractivity contribution in [2.75, 3.05) is 4.90 Å². The molecule has 0 unspecified atom stereocenters. The fourth-order valence-electron chi connectivity index (χ4n) is 7.14. The molecule has 6 aromatic carbocycles. The van der Waals surface area contributed by atoms with Crippen LogP contribution in [0.2, 0.25) is 0 Å². The molecule has 7 rings (SSSR count). The summed E-state index contributed by atoms with van der Waals surface area (Å²) in [5.74, 6) is 0. The van der Waals surface area contributed by atoms with E-state index in [0.717, 1.165) is 0 Å². The highest BCUT2D eigenvalue weighted by Crippen LogP contribution is 2.50. The van der Waals surface area contributed by atoms with Crippen molar-refractivity contribution in [3.8, 4) is 22.3 Å². The molecule has 2 nitrogen and oxygen atoms in total. The molecule has 0 fully saturated rings. The second kappa shape index (κ2) is 15.5. The van der Waals surface area contributed by atoms with Crippen molar-refractivity contribution in [2.45, 2.75) is 64.5 Å². The van der Waals surface area contributed by atoms with Crippen molar-refractivity contribution >= 4 is 25.0 Å². The largest absolute Gasteiger partial charge is 0.673 e. The number of hydrogen-bond donors (Lipinski definition) is 0. The van der Waals surface area contributed by atoms with Crippen LogP contribution in [0.4, 0.5) is 28.6 Å². The lowest BCUT2D eigenvalue weighted by Crippen LogP contribution is -2.27. The Morgan fingerprint density at radius 3 is 1.39 bits per heavy atom. The average Bonchev–Trinajstić information content (AvgIpc) is 3.55. The summed E-state index contributed by atoms with van der Waals surface area (Å²) in [4.78, 5) is 2.56. The van der Waals surface area contributed by atoms with E-state index in [1.165, 1.54) is 55.9 Å². The van der Waals surface area contributed by atoms with Gasteiger partial charge in [0, 0.05) is 22.3 Å². The minimum atomic E-state index is -6.00. The minimum absolute atomic E-state index is 0.00296. The summed E-state index contributed by atoms with van der Waals surface area (Å²) in [6, 6.07) is 58.0. The van der Waals surface area contributed by atoms with Crippen LogP contribution in [-0.2, 0) is 10.8 Å². The van der Waals surface area contributed by atoms with Gasteiger partial charge in [0.2, 0.25) is 6.34 Å². The van der Waals surface area contributed by atoms with Crippen LogP contribution in [0.5, 0.6) is 0 Å². The quantitative estimate of drug-likeness (QED) is 0.0941. The zero-order valence-corrected chi connectivity index (χ0v) is 31.7. The smallest absolute Gasteiger partial charge is 0.418 e. The van der Waals surface area contributed by atoms with Gasteiger partial charge in [-0.2, -0.15) is 0 Å². The van der Waals surface area contributed by atoms with E-state index in [2.05, 4.69) is 215 Å². The van der Waals surface area contributed by atoms with Crippen molar-refractivity contribution in [3.63, 3.8) is 0 Å².